The molecule has 2 saturated heterocycles. The van der Waals surface area contributed by atoms with Crippen molar-refractivity contribution in [1.82, 2.24) is 10.6 Å². The van der Waals surface area contributed by atoms with Gasteiger partial charge in [0.25, 0.3) is 0 Å². The monoisotopic (exact) mass is 228 g/mol. The highest BCUT2D eigenvalue weighted by Crippen LogP contribution is 2.22. The van der Waals surface area contributed by atoms with Crippen LogP contribution < -0.4 is 10.6 Å². The molecule has 3 heteroatoms. The van der Waals surface area contributed by atoms with Gasteiger partial charge < -0.3 is 10.6 Å². The van der Waals surface area contributed by atoms with Crippen LogP contribution in [-0.4, -0.2) is 36.7 Å². The van der Waals surface area contributed by atoms with Gasteiger partial charge in [-0.05, 0) is 63.1 Å². The summed E-state index contributed by atoms with van der Waals surface area (Å²) in [6.07, 6.45) is 5.48. The first-order valence-corrected chi connectivity index (χ1v) is 7.54. The summed E-state index contributed by atoms with van der Waals surface area (Å²) < 4.78 is 0. The third-order valence-electron chi connectivity index (χ3n) is 3.58. The van der Waals surface area contributed by atoms with E-state index in [1.165, 1.54) is 50.3 Å². The first-order chi connectivity index (χ1) is 7.34. The predicted molar refractivity (Wildman–Crippen MR) is 68.5 cm³/mol. The van der Waals surface area contributed by atoms with Gasteiger partial charge in [-0.2, -0.15) is 11.8 Å². The Hall–Kier alpha value is 0.270. The molecule has 0 aromatic rings. The van der Waals surface area contributed by atoms with E-state index in [4.69, 9.17) is 0 Å². The van der Waals surface area contributed by atoms with Crippen molar-refractivity contribution in [3.05, 3.63) is 0 Å². The van der Waals surface area contributed by atoms with Gasteiger partial charge in [-0.3, -0.25) is 0 Å². The van der Waals surface area contributed by atoms with E-state index in [-0.39, 0.29) is 0 Å². The van der Waals surface area contributed by atoms with Crippen molar-refractivity contribution in [3.8, 4) is 0 Å². The Labute approximate surface area is 98.0 Å². The smallest absolute Gasteiger partial charge is 0.00822 e. The van der Waals surface area contributed by atoms with Gasteiger partial charge >= 0.3 is 0 Å². The Morgan fingerprint density at radius 1 is 1.47 bits per heavy atom. The number of hydrogen-bond donors (Lipinski definition) is 2. The number of hydrogen-bond acceptors (Lipinski definition) is 3. The summed E-state index contributed by atoms with van der Waals surface area (Å²) in [5.41, 5.74) is 0. The molecule has 2 aliphatic rings. The number of rotatable bonds is 5. The summed E-state index contributed by atoms with van der Waals surface area (Å²) >= 11 is 2.11. The molecule has 3 atom stereocenters. The van der Waals surface area contributed by atoms with Gasteiger partial charge in [0, 0.05) is 12.1 Å². The fourth-order valence-electron chi connectivity index (χ4n) is 2.58. The van der Waals surface area contributed by atoms with E-state index in [1.54, 1.807) is 0 Å². The van der Waals surface area contributed by atoms with Crippen molar-refractivity contribution in [3.63, 3.8) is 0 Å². The normalized spacial score (nSPS) is 33.4. The lowest BCUT2D eigenvalue weighted by Gasteiger charge is -2.20. The lowest BCUT2D eigenvalue weighted by atomic mass is 10.1. The van der Waals surface area contributed by atoms with Crippen LogP contribution in [0.5, 0.6) is 0 Å². The Bertz CT molecular complexity index is 174. The van der Waals surface area contributed by atoms with Crippen molar-refractivity contribution in [1.29, 1.82) is 0 Å². The van der Waals surface area contributed by atoms with Crippen LogP contribution in [0.15, 0.2) is 0 Å². The van der Waals surface area contributed by atoms with Crippen LogP contribution in [-0.2, 0) is 0 Å². The van der Waals surface area contributed by atoms with Crippen molar-refractivity contribution in [2.24, 2.45) is 5.92 Å². The third kappa shape index (κ3) is 3.97. The third-order valence-corrected chi connectivity index (χ3v) is 4.81. The summed E-state index contributed by atoms with van der Waals surface area (Å²) in [5, 5.41) is 7.27. The van der Waals surface area contributed by atoms with E-state index in [0.717, 1.165) is 12.0 Å². The summed E-state index contributed by atoms with van der Waals surface area (Å²) in [7, 11) is 0. The van der Waals surface area contributed by atoms with Crippen LogP contribution in [0, 0.1) is 5.92 Å². The van der Waals surface area contributed by atoms with Gasteiger partial charge in [0.05, 0.1) is 0 Å². The SMILES string of the molecule is CC(CC1CCCN1)NCC1CCSC1. The van der Waals surface area contributed by atoms with Crippen LogP contribution in [0.2, 0.25) is 0 Å². The Balaban J connectivity index is 1.57. The van der Waals surface area contributed by atoms with Crippen molar-refractivity contribution in [2.75, 3.05) is 24.6 Å². The second kappa shape index (κ2) is 6.12. The minimum Gasteiger partial charge on any atom is -0.314 e. The fraction of sp³-hybridized carbons (Fsp3) is 1.00. The zero-order valence-electron chi connectivity index (χ0n) is 9.80. The van der Waals surface area contributed by atoms with Crippen LogP contribution in [0.25, 0.3) is 0 Å². The topological polar surface area (TPSA) is 24.1 Å². The van der Waals surface area contributed by atoms with E-state index < -0.39 is 0 Å². The van der Waals surface area contributed by atoms with Gasteiger partial charge in [-0.15, -0.1) is 0 Å². The van der Waals surface area contributed by atoms with E-state index in [0.29, 0.717) is 6.04 Å². The van der Waals surface area contributed by atoms with E-state index in [9.17, 15) is 0 Å². The standard InChI is InChI=1S/C12H24N2S/c1-10(7-12-3-2-5-13-12)14-8-11-4-6-15-9-11/h10-14H,2-9H2,1H3. The zero-order chi connectivity index (χ0) is 10.5. The molecule has 2 N–H and O–H groups in total. The van der Waals surface area contributed by atoms with Crippen LogP contribution in [0.3, 0.4) is 0 Å². The Morgan fingerprint density at radius 2 is 2.40 bits per heavy atom. The highest BCUT2D eigenvalue weighted by Gasteiger charge is 2.19. The summed E-state index contributed by atoms with van der Waals surface area (Å²) in [5.74, 6) is 3.70. The molecule has 2 fully saturated rings. The molecule has 88 valence electrons. The summed E-state index contributed by atoms with van der Waals surface area (Å²) in [6, 6.07) is 1.47. The van der Waals surface area contributed by atoms with E-state index in [1.807, 2.05) is 0 Å². The molecule has 0 spiro atoms. The molecule has 2 nitrogen and oxygen atoms in total. The highest BCUT2D eigenvalue weighted by atomic mass is 32.2. The fourth-order valence-corrected chi connectivity index (χ4v) is 3.86. The molecule has 2 rings (SSSR count). The molecular formula is C12H24N2S. The maximum atomic E-state index is 3.70. The first kappa shape index (κ1) is 11.7. The molecular weight excluding hydrogens is 204 g/mol. The lowest BCUT2D eigenvalue weighted by Crippen LogP contribution is -2.36. The average molecular weight is 228 g/mol. The molecule has 0 saturated carbocycles. The van der Waals surface area contributed by atoms with Gasteiger partial charge in [0.2, 0.25) is 0 Å². The van der Waals surface area contributed by atoms with Gasteiger partial charge in [-0.1, -0.05) is 0 Å². The molecule has 15 heavy (non-hydrogen) atoms. The lowest BCUT2D eigenvalue weighted by molar-refractivity contribution is 0.410. The van der Waals surface area contributed by atoms with E-state index >= 15 is 0 Å². The Morgan fingerprint density at radius 3 is 3.07 bits per heavy atom. The minimum atomic E-state index is 0.686. The van der Waals surface area contributed by atoms with Crippen molar-refractivity contribution < 1.29 is 0 Å². The molecule has 0 bridgehead atoms. The van der Waals surface area contributed by atoms with Gasteiger partial charge in [0.15, 0.2) is 0 Å². The molecule has 2 heterocycles. The largest absolute Gasteiger partial charge is 0.314 e. The minimum absolute atomic E-state index is 0.686. The van der Waals surface area contributed by atoms with Crippen molar-refractivity contribution >= 4 is 11.8 Å². The number of thioether (sulfide) groups is 1. The van der Waals surface area contributed by atoms with E-state index in [2.05, 4.69) is 29.3 Å². The molecule has 2 aliphatic heterocycles. The zero-order valence-corrected chi connectivity index (χ0v) is 10.6. The average Bonchev–Trinajstić information content (AvgIpc) is 2.86. The van der Waals surface area contributed by atoms with Crippen molar-refractivity contribution in [2.45, 2.75) is 44.7 Å². The van der Waals surface area contributed by atoms with Crippen LogP contribution in [0.1, 0.15) is 32.6 Å². The second-order valence-corrected chi connectivity index (χ2v) is 6.22. The summed E-state index contributed by atoms with van der Waals surface area (Å²) in [6.45, 7) is 4.81. The summed E-state index contributed by atoms with van der Waals surface area (Å²) in [4.78, 5) is 0. The van der Waals surface area contributed by atoms with Crippen LogP contribution >= 0.6 is 11.8 Å². The van der Waals surface area contributed by atoms with Crippen LogP contribution in [0.4, 0.5) is 0 Å². The molecule has 3 unspecified atom stereocenters. The Kier molecular flexibility index (Phi) is 4.79. The molecule has 0 aliphatic carbocycles. The second-order valence-electron chi connectivity index (χ2n) is 5.07. The highest BCUT2D eigenvalue weighted by molar-refractivity contribution is 7.99. The molecule has 0 aromatic carbocycles. The molecule has 0 aromatic heterocycles. The predicted octanol–water partition coefficient (Wildman–Crippen LogP) is 1.86. The maximum absolute atomic E-state index is 3.70. The maximum Gasteiger partial charge on any atom is 0.00822 e. The molecule has 0 amide bonds. The molecule has 0 radical (unpaired) electrons. The number of nitrogens with one attached hydrogen (secondary N) is 2. The quantitative estimate of drug-likeness (QED) is 0.751. The van der Waals surface area contributed by atoms with Gasteiger partial charge in [-0.25, -0.2) is 0 Å². The first-order valence-electron chi connectivity index (χ1n) is 6.39. The van der Waals surface area contributed by atoms with Gasteiger partial charge in [0.1, 0.15) is 0 Å².